The van der Waals surface area contributed by atoms with Crippen LogP contribution < -0.4 is 29.6 Å². The molecule has 0 spiro atoms. The number of halogens is 1. The molecule has 0 rings (SSSR count). The molecule has 2 nitrogen and oxygen atoms in total. The molecule has 0 amide bonds. The quantitative estimate of drug-likeness (QED) is 0.196. The van der Waals surface area contributed by atoms with Crippen molar-refractivity contribution in [1.82, 2.24) is 0 Å². The van der Waals surface area contributed by atoms with Gasteiger partial charge in [0.25, 0.3) is 0 Å². The molecule has 0 saturated heterocycles. The molecule has 0 aromatic carbocycles. The summed E-state index contributed by atoms with van der Waals surface area (Å²) in [7, 11) is 1.80. The molecule has 0 aromatic rings. The maximum Gasteiger partial charge on any atom is 1.00 e. The molecule has 0 aliphatic rings. The fourth-order valence-corrected chi connectivity index (χ4v) is 0. The van der Waals surface area contributed by atoms with Crippen molar-refractivity contribution in [3.63, 3.8) is 0 Å². The number of rotatable bonds is 0. The van der Waals surface area contributed by atoms with Crippen molar-refractivity contribution in [2.45, 2.75) is 0 Å². The summed E-state index contributed by atoms with van der Waals surface area (Å²) in [6.45, 7) is 0. The first kappa shape index (κ1) is 9.64. The van der Waals surface area contributed by atoms with E-state index in [9.17, 15) is 0 Å². The van der Waals surface area contributed by atoms with Crippen LogP contribution in [-0.4, -0.2) is 8.76 Å². The molecule has 26 valence electrons. The smallest absolute Gasteiger partial charge is 0.760 e. The molecule has 0 bridgehead atoms. The van der Waals surface area contributed by atoms with Crippen LogP contribution >= 0.6 is 10.7 Å². The maximum atomic E-state index is 8.77. The van der Waals surface area contributed by atoms with Gasteiger partial charge < -0.3 is 4.55 Å². The first-order valence-corrected chi connectivity index (χ1v) is 2.39. The number of hydrogen-bond acceptors (Lipinski definition) is 2. The van der Waals surface area contributed by atoms with Gasteiger partial charge in [0.05, 0.1) is 0 Å². The second-order valence-corrected chi connectivity index (χ2v) is 1.34. The molecule has 0 saturated carbocycles. The van der Waals surface area contributed by atoms with Gasteiger partial charge in [0.1, 0.15) is 0 Å². The summed E-state index contributed by atoms with van der Waals surface area (Å²) in [5, 5.41) is 0. The summed E-state index contributed by atoms with van der Waals surface area (Å²) < 4.78 is 17.5. The Morgan fingerprint density at radius 1 is 1.80 bits per heavy atom. The zero-order valence-corrected chi connectivity index (χ0v) is 6.18. The average molecular weight is 123 g/mol. The van der Waals surface area contributed by atoms with Crippen LogP contribution in [0.2, 0.25) is 0 Å². The van der Waals surface area contributed by atoms with E-state index in [4.69, 9.17) is 8.76 Å². The third-order valence-corrected chi connectivity index (χ3v) is 0. The van der Waals surface area contributed by atoms with Crippen molar-refractivity contribution in [1.29, 1.82) is 0 Å². The van der Waals surface area contributed by atoms with E-state index < -0.39 is 10.3 Å². The molecule has 0 aliphatic heterocycles. The Kier molecular flexibility index (Phi) is 10.4. The zero-order chi connectivity index (χ0) is 3.58. The first-order chi connectivity index (χ1) is 1.73. The van der Waals surface area contributed by atoms with Crippen LogP contribution in [0.4, 0.5) is 0 Å². The SMILES string of the molecule is O=S([O-])Cl.[Na+]. The number of hydrogen-bond donors (Lipinski definition) is 0. The second kappa shape index (κ2) is 5.40. The van der Waals surface area contributed by atoms with E-state index >= 15 is 0 Å². The van der Waals surface area contributed by atoms with Crippen LogP contribution in [0, 0.1) is 0 Å². The Labute approximate surface area is 59.0 Å². The first-order valence-electron chi connectivity index (χ1n) is 0.488. The van der Waals surface area contributed by atoms with Crippen molar-refractivity contribution in [2.75, 3.05) is 0 Å². The zero-order valence-electron chi connectivity index (χ0n) is 2.60. The predicted octanol–water partition coefficient (Wildman–Crippen LogP) is -2.98. The van der Waals surface area contributed by atoms with Crippen molar-refractivity contribution in [3.05, 3.63) is 0 Å². The Morgan fingerprint density at radius 2 is 1.80 bits per heavy atom. The maximum absolute atomic E-state index is 8.77. The van der Waals surface area contributed by atoms with Crippen LogP contribution in [0.1, 0.15) is 0 Å². The summed E-state index contributed by atoms with van der Waals surface area (Å²) in [6.07, 6.45) is 0. The molecular weight excluding hydrogens is 123 g/mol. The van der Waals surface area contributed by atoms with Gasteiger partial charge in [-0.05, 0) is 10.7 Å². The Balaban J connectivity index is 0. The van der Waals surface area contributed by atoms with E-state index in [1.807, 2.05) is 0 Å². The van der Waals surface area contributed by atoms with Gasteiger partial charge >= 0.3 is 29.6 Å². The summed E-state index contributed by atoms with van der Waals surface area (Å²) in [5.74, 6) is 0. The van der Waals surface area contributed by atoms with Gasteiger partial charge in [0.2, 0.25) is 0 Å². The van der Waals surface area contributed by atoms with Gasteiger partial charge in [-0.25, -0.2) is 0 Å². The van der Waals surface area contributed by atoms with E-state index in [2.05, 4.69) is 10.7 Å². The van der Waals surface area contributed by atoms with Crippen molar-refractivity contribution >= 4 is 21.0 Å². The van der Waals surface area contributed by atoms with Crippen molar-refractivity contribution < 1.29 is 38.3 Å². The van der Waals surface area contributed by atoms with Crippen LogP contribution in [0.5, 0.6) is 0 Å². The fraction of sp³-hybridized carbons (Fsp3) is 0. The normalized spacial score (nSPS) is 12.4. The van der Waals surface area contributed by atoms with E-state index in [1.165, 1.54) is 0 Å². The Morgan fingerprint density at radius 3 is 1.80 bits per heavy atom. The monoisotopic (exact) mass is 122 g/mol. The third-order valence-electron chi connectivity index (χ3n) is 0. The largest absolute Gasteiger partial charge is 1.00 e. The van der Waals surface area contributed by atoms with Crippen LogP contribution in [0.3, 0.4) is 0 Å². The van der Waals surface area contributed by atoms with Gasteiger partial charge in [-0.3, -0.25) is 4.21 Å². The van der Waals surface area contributed by atoms with Crippen LogP contribution in [0.25, 0.3) is 0 Å². The van der Waals surface area contributed by atoms with Crippen LogP contribution in [0.15, 0.2) is 0 Å². The van der Waals surface area contributed by atoms with E-state index in [1.54, 1.807) is 0 Å². The Hall–Kier alpha value is 1.40. The van der Waals surface area contributed by atoms with E-state index in [-0.39, 0.29) is 29.6 Å². The Bertz CT molecular complexity index is 32.6. The molecule has 5 heavy (non-hydrogen) atoms. The topological polar surface area (TPSA) is 40.1 Å². The third kappa shape index (κ3) is 31.8. The molecule has 0 N–H and O–H groups in total. The summed E-state index contributed by atoms with van der Waals surface area (Å²) in [4.78, 5) is 0. The van der Waals surface area contributed by atoms with E-state index in [0.717, 1.165) is 0 Å². The van der Waals surface area contributed by atoms with Gasteiger partial charge in [-0.2, -0.15) is 0 Å². The molecule has 0 heterocycles. The molecule has 0 fully saturated rings. The van der Waals surface area contributed by atoms with Gasteiger partial charge in [0.15, 0.2) is 0 Å². The summed E-state index contributed by atoms with van der Waals surface area (Å²) in [6, 6.07) is 0. The molecule has 5 heteroatoms. The minimum absolute atomic E-state index is 0. The minimum Gasteiger partial charge on any atom is -0.760 e. The molecule has 0 aliphatic carbocycles. The summed E-state index contributed by atoms with van der Waals surface area (Å²) in [5.41, 5.74) is 0. The van der Waals surface area contributed by atoms with Crippen LogP contribution in [-0.2, 0) is 10.3 Å². The molecule has 1 unspecified atom stereocenters. The predicted molar refractivity (Wildman–Crippen MR) is 14.8 cm³/mol. The molecule has 0 radical (unpaired) electrons. The molecule has 1 atom stereocenters. The fourth-order valence-electron chi connectivity index (χ4n) is 0. The van der Waals surface area contributed by atoms with E-state index in [0.29, 0.717) is 0 Å². The minimum atomic E-state index is -2.39. The standard InChI is InChI=1S/ClHO2S.Na/c1-4(2)3;/h(H,2,3);/q;+1/p-1. The van der Waals surface area contributed by atoms with Crippen molar-refractivity contribution in [3.8, 4) is 0 Å². The second-order valence-electron chi connectivity index (χ2n) is 0.194. The van der Waals surface area contributed by atoms with Gasteiger partial charge in [-0.1, -0.05) is 0 Å². The van der Waals surface area contributed by atoms with Crippen molar-refractivity contribution in [2.24, 2.45) is 0 Å². The van der Waals surface area contributed by atoms with Gasteiger partial charge in [-0.15, -0.1) is 0 Å². The average Bonchev–Trinajstić information content (AvgIpc) is 0.811. The summed E-state index contributed by atoms with van der Waals surface area (Å²) >= 11 is 0. The molecule has 0 aromatic heterocycles. The molecular formula is ClNaO2S. The van der Waals surface area contributed by atoms with Gasteiger partial charge in [0, 0.05) is 10.3 Å².